The van der Waals surface area contributed by atoms with Crippen molar-refractivity contribution in [2.45, 2.75) is 11.8 Å². The van der Waals surface area contributed by atoms with Gasteiger partial charge in [0, 0.05) is 29.2 Å². The molecule has 0 bridgehead atoms. The molecule has 1 N–H and O–H groups in total. The topological polar surface area (TPSA) is 68.2 Å². The summed E-state index contributed by atoms with van der Waals surface area (Å²) < 4.78 is 28.4. The lowest BCUT2D eigenvalue weighted by molar-refractivity contribution is 0.103. The van der Waals surface area contributed by atoms with Crippen molar-refractivity contribution in [2.24, 2.45) is 7.05 Å². The van der Waals surface area contributed by atoms with Crippen molar-refractivity contribution in [3.8, 4) is 0 Å². The van der Waals surface area contributed by atoms with Gasteiger partial charge in [-0.1, -0.05) is 29.8 Å². The van der Waals surface area contributed by atoms with Crippen molar-refractivity contribution in [3.05, 3.63) is 64.3 Å². The van der Waals surface area contributed by atoms with E-state index >= 15 is 0 Å². The van der Waals surface area contributed by atoms with E-state index in [2.05, 4.69) is 4.72 Å². The first kappa shape index (κ1) is 17.7. The highest BCUT2D eigenvalue weighted by Crippen LogP contribution is 2.29. The van der Waals surface area contributed by atoms with E-state index in [4.69, 9.17) is 11.6 Å². The smallest absolute Gasteiger partial charge is 0.241 e. The van der Waals surface area contributed by atoms with Crippen LogP contribution in [0.25, 0.3) is 10.9 Å². The molecule has 130 valence electrons. The molecule has 0 fully saturated rings. The number of carbonyl (C=O) groups excluding carboxylic acids is 1. The van der Waals surface area contributed by atoms with Crippen LogP contribution in [0.2, 0.25) is 5.02 Å². The molecular formula is C18H17ClN2O3S. The third kappa shape index (κ3) is 2.86. The van der Waals surface area contributed by atoms with Crippen LogP contribution < -0.4 is 4.72 Å². The van der Waals surface area contributed by atoms with Crippen molar-refractivity contribution in [3.63, 3.8) is 0 Å². The monoisotopic (exact) mass is 376 g/mol. The van der Waals surface area contributed by atoms with E-state index in [1.54, 1.807) is 6.07 Å². The van der Waals surface area contributed by atoms with Gasteiger partial charge in [0.25, 0.3) is 0 Å². The second-order valence-corrected chi connectivity index (χ2v) is 7.98. The van der Waals surface area contributed by atoms with E-state index in [1.807, 2.05) is 42.8 Å². The number of benzene rings is 2. The summed E-state index contributed by atoms with van der Waals surface area (Å²) in [6.45, 7) is 1.87. The van der Waals surface area contributed by atoms with Crippen molar-refractivity contribution >= 4 is 38.3 Å². The minimum absolute atomic E-state index is 0.0699. The molecule has 0 aliphatic carbocycles. The SMILES string of the molecule is CNS(=O)(=O)c1cc(C(=O)c2c(C)n(C)c3ccccc23)ccc1Cl. The standard InChI is InChI=1S/C18H17ClN2O3S/c1-11-17(13-6-4-5-7-15(13)21(11)3)18(22)12-8-9-14(19)16(10-12)25(23,24)20-2/h4-10,20H,1-3H3. The van der Waals surface area contributed by atoms with E-state index < -0.39 is 10.0 Å². The van der Waals surface area contributed by atoms with Gasteiger partial charge in [-0.2, -0.15) is 0 Å². The molecule has 0 amide bonds. The van der Waals surface area contributed by atoms with Crippen LogP contribution >= 0.6 is 11.6 Å². The summed E-state index contributed by atoms with van der Waals surface area (Å²) in [7, 11) is -0.557. The summed E-state index contributed by atoms with van der Waals surface area (Å²) in [5.41, 5.74) is 2.60. The highest BCUT2D eigenvalue weighted by Gasteiger charge is 2.23. The van der Waals surface area contributed by atoms with Gasteiger partial charge in [0.1, 0.15) is 4.90 Å². The van der Waals surface area contributed by atoms with Crippen LogP contribution in [0.5, 0.6) is 0 Å². The summed E-state index contributed by atoms with van der Waals surface area (Å²) in [5.74, 6) is -0.237. The lowest BCUT2D eigenvalue weighted by Crippen LogP contribution is -2.19. The number of fused-ring (bicyclic) bond motifs is 1. The normalized spacial score (nSPS) is 11.8. The molecule has 7 heteroatoms. The maximum absolute atomic E-state index is 13.1. The number of sulfonamides is 1. The number of ketones is 1. The fraction of sp³-hybridized carbons (Fsp3) is 0.167. The Hall–Kier alpha value is -2.15. The molecule has 0 saturated heterocycles. The lowest BCUT2D eigenvalue weighted by Gasteiger charge is -2.08. The van der Waals surface area contributed by atoms with Crippen LogP contribution in [0.15, 0.2) is 47.4 Å². The number of rotatable bonds is 4. The number of aryl methyl sites for hydroxylation is 1. The van der Waals surface area contributed by atoms with E-state index in [0.717, 1.165) is 16.6 Å². The summed E-state index contributed by atoms with van der Waals surface area (Å²) in [4.78, 5) is 13.0. The molecule has 0 unspecified atom stereocenters. The lowest BCUT2D eigenvalue weighted by atomic mass is 10.0. The fourth-order valence-corrected chi connectivity index (χ4v) is 4.16. The predicted molar refractivity (Wildman–Crippen MR) is 98.8 cm³/mol. The molecular weight excluding hydrogens is 360 g/mol. The second kappa shape index (κ2) is 6.29. The first-order valence-corrected chi connectivity index (χ1v) is 9.46. The van der Waals surface area contributed by atoms with E-state index in [1.165, 1.54) is 19.2 Å². The Bertz CT molecular complexity index is 1100. The molecule has 2 aromatic carbocycles. The number of hydrogen-bond acceptors (Lipinski definition) is 3. The molecule has 3 rings (SSSR count). The van der Waals surface area contributed by atoms with Crippen molar-refractivity contribution in [1.29, 1.82) is 0 Å². The van der Waals surface area contributed by atoms with Gasteiger partial charge in [-0.25, -0.2) is 13.1 Å². The number of aromatic nitrogens is 1. The zero-order chi connectivity index (χ0) is 18.4. The molecule has 5 nitrogen and oxygen atoms in total. The van der Waals surface area contributed by atoms with Gasteiger partial charge in [-0.3, -0.25) is 4.79 Å². The van der Waals surface area contributed by atoms with Gasteiger partial charge in [0.2, 0.25) is 10.0 Å². The minimum Gasteiger partial charge on any atom is -0.347 e. The Morgan fingerprint density at radius 3 is 2.52 bits per heavy atom. The summed E-state index contributed by atoms with van der Waals surface area (Å²) >= 11 is 6.01. The van der Waals surface area contributed by atoms with Crippen molar-refractivity contribution in [2.75, 3.05) is 7.05 Å². The molecule has 3 aromatic rings. The minimum atomic E-state index is -3.75. The highest BCUT2D eigenvalue weighted by molar-refractivity contribution is 7.89. The van der Waals surface area contributed by atoms with Gasteiger partial charge in [-0.15, -0.1) is 0 Å². The maximum atomic E-state index is 13.1. The molecule has 0 atom stereocenters. The number of para-hydroxylation sites is 1. The van der Waals surface area contributed by atoms with Crippen molar-refractivity contribution < 1.29 is 13.2 Å². The molecule has 0 aliphatic heterocycles. The van der Waals surface area contributed by atoms with Crippen molar-refractivity contribution in [1.82, 2.24) is 9.29 Å². The number of carbonyl (C=O) groups is 1. The Morgan fingerprint density at radius 2 is 1.84 bits per heavy atom. The zero-order valence-corrected chi connectivity index (χ0v) is 15.6. The van der Waals surface area contributed by atoms with Crippen LogP contribution in [0.3, 0.4) is 0 Å². The third-order valence-corrected chi connectivity index (χ3v) is 6.27. The Balaban J connectivity index is 2.21. The van der Waals surface area contributed by atoms with Gasteiger partial charge in [-0.05, 0) is 38.2 Å². The van der Waals surface area contributed by atoms with Gasteiger partial charge < -0.3 is 4.57 Å². The molecule has 0 radical (unpaired) electrons. The molecule has 0 spiro atoms. The summed E-state index contributed by atoms with van der Waals surface area (Å²) in [6.07, 6.45) is 0. The quantitative estimate of drug-likeness (QED) is 0.710. The van der Waals surface area contributed by atoms with Crippen LogP contribution in [0, 0.1) is 6.92 Å². The molecule has 25 heavy (non-hydrogen) atoms. The largest absolute Gasteiger partial charge is 0.347 e. The number of nitrogens with one attached hydrogen (secondary N) is 1. The Kier molecular flexibility index (Phi) is 4.45. The number of halogens is 1. The van der Waals surface area contributed by atoms with E-state index in [0.29, 0.717) is 5.56 Å². The fourth-order valence-electron chi connectivity index (χ4n) is 2.91. The maximum Gasteiger partial charge on any atom is 0.241 e. The zero-order valence-electron chi connectivity index (χ0n) is 14.0. The van der Waals surface area contributed by atoms with Gasteiger partial charge in [0.15, 0.2) is 5.78 Å². The Morgan fingerprint density at radius 1 is 1.16 bits per heavy atom. The average molecular weight is 377 g/mol. The first-order chi connectivity index (χ1) is 11.8. The van der Waals surface area contributed by atoms with Crippen LogP contribution in [-0.4, -0.2) is 25.8 Å². The predicted octanol–water partition coefficient (Wildman–Crippen LogP) is 3.28. The summed E-state index contributed by atoms with van der Waals surface area (Å²) in [5, 5.41) is 0.904. The highest BCUT2D eigenvalue weighted by atomic mass is 35.5. The molecule has 0 saturated carbocycles. The van der Waals surface area contributed by atoms with Crippen LogP contribution in [0.4, 0.5) is 0 Å². The summed E-state index contributed by atoms with van der Waals surface area (Å²) in [6, 6.07) is 11.9. The average Bonchev–Trinajstić information content (AvgIpc) is 2.86. The van der Waals surface area contributed by atoms with Gasteiger partial charge in [0.05, 0.1) is 10.6 Å². The van der Waals surface area contributed by atoms with E-state index in [9.17, 15) is 13.2 Å². The third-order valence-electron chi connectivity index (χ3n) is 4.38. The molecule has 0 aliphatic rings. The van der Waals surface area contributed by atoms with Crippen LogP contribution in [-0.2, 0) is 17.1 Å². The van der Waals surface area contributed by atoms with E-state index in [-0.39, 0.29) is 21.3 Å². The van der Waals surface area contributed by atoms with Gasteiger partial charge >= 0.3 is 0 Å². The Labute approximate surface area is 151 Å². The first-order valence-electron chi connectivity index (χ1n) is 7.59. The number of nitrogens with zero attached hydrogens (tertiary/aromatic N) is 1. The second-order valence-electron chi connectivity index (χ2n) is 5.72. The molecule has 1 heterocycles. The number of hydrogen-bond donors (Lipinski definition) is 1. The molecule has 1 aromatic heterocycles. The van der Waals surface area contributed by atoms with Crippen LogP contribution in [0.1, 0.15) is 21.6 Å².